The van der Waals surface area contributed by atoms with Gasteiger partial charge in [-0.1, -0.05) is 48.5 Å². The van der Waals surface area contributed by atoms with Crippen LogP contribution in [-0.2, 0) is 4.79 Å². The summed E-state index contributed by atoms with van der Waals surface area (Å²) in [5.41, 5.74) is 5.74. The maximum atomic E-state index is 12.0. The van der Waals surface area contributed by atoms with E-state index in [1.165, 1.54) is 26.6 Å². The van der Waals surface area contributed by atoms with E-state index in [-0.39, 0.29) is 6.17 Å². The van der Waals surface area contributed by atoms with Crippen molar-refractivity contribution in [3.63, 3.8) is 0 Å². The molecule has 1 unspecified atom stereocenters. The lowest BCUT2D eigenvalue weighted by molar-refractivity contribution is -0.116. The van der Waals surface area contributed by atoms with Crippen LogP contribution in [0.1, 0.15) is 17.6 Å². The standard InChI is InChI=1S/C27H28N4OS/c1-20-18-21(2)31(28-20)27(19-32)30-16-14-29(15-17-30)24-11-7-6-10-23(24)26-13-12-25(33-26)22-8-4-3-5-9-22/h3-13,18-19,27H,14-17H2,1-2H3. The maximum Gasteiger partial charge on any atom is 0.160 e. The Morgan fingerprint density at radius 3 is 2.27 bits per heavy atom. The molecule has 33 heavy (non-hydrogen) atoms. The molecule has 1 atom stereocenters. The Morgan fingerprint density at radius 1 is 0.879 bits per heavy atom. The third-order valence-corrected chi connectivity index (χ3v) is 7.45. The monoisotopic (exact) mass is 456 g/mol. The van der Waals surface area contributed by atoms with Crippen molar-refractivity contribution in [2.75, 3.05) is 31.1 Å². The second-order valence-electron chi connectivity index (χ2n) is 8.49. The summed E-state index contributed by atoms with van der Waals surface area (Å²) in [5.74, 6) is 0. The molecule has 6 heteroatoms. The molecule has 4 aromatic rings. The first-order valence-corrected chi connectivity index (χ1v) is 12.2. The molecule has 3 heterocycles. The lowest BCUT2D eigenvalue weighted by Gasteiger charge is -2.39. The zero-order valence-electron chi connectivity index (χ0n) is 19.0. The third-order valence-electron chi connectivity index (χ3n) is 6.28. The quantitative estimate of drug-likeness (QED) is 0.364. The highest BCUT2D eigenvalue weighted by atomic mass is 32.1. The molecule has 168 valence electrons. The SMILES string of the molecule is Cc1cc(C)n(C(C=O)N2CCN(c3ccccc3-c3ccc(-c4ccccc4)s3)CC2)n1. The van der Waals surface area contributed by atoms with Crippen molar-refractivity contribution >= 4 is 23.3 Å². The smallest absolute Gasteiger partial charge is 0.160 e. The Balaban J connectivity index is 1.35. The molecule has 0 spiro atoms. The molecule has 0 amide bonds. The molecule has 2 aromatic heterocycles. The zero-order chi connectivity index (χ0) is 22.8. The van der Waals surface area contributed by atoms with Crippen LogP contribution < -0.4 is 4.90 Å². The lowest BCUT2D eigenvalue weighted by atomic mass is 10.1. The summed E-state index contributed by atoms with van der Waals surface area (Å²) < 4.78 is 1.85. The van der Waals surface area contributed by atoms with Gasteiger partial charge in [-0.25, -0.2) is 4.68 Å². The van der Waals surface area contributed by atoms with Crippen molar-refractivity contribution in [2.45, 2.75) is 20.0 Å². The number of anilines is 1. The molecule has 0 radical (unpaired) electrons. The van der Waals surface area contributed by atoms with Crippen molar-refractivity contribution in [2.24, 2.45) is 0 Å². The minimum Gasteiger partial charge on any atom is -0.368 e. The molecule has 5 nitrogen and oxygen atoms in total. The second kappa shape index (κ2) is 9.33. The summed E-state index contributed by atoms with van der Waals surface area (Å²) >= 11 is 1.83. The number of thiophene rings is 1. The van der Waals surface area contributed by atoms with Gasteiger partial charge >= 0.3 is 0 Å². The molecule has 0 aliphatic carbocycles. The van der Waals surface area contributed by atoms with Crippen LogP contribution in [0.2, 0.25) is 0 Å². The summed E-state index contributed by atoms with van der Waals surface area (Å²) in [5, 5.41) is 4.55. The minimum absolute atomic E-state index is 0.346. The molecule has 0 bridgehead atoms. The second-order valence-corrected chi connectivity index (χ2v) is 9.58. The molecule has 1 aliphatic rings. The summed E-state index contributed by atoms with van der Waals surface area (Å²) in [6, 6.07) is 25.7. The van der Waals surface area contributed by atoms with Crippen LogP contribution in [-0.4, -0.2) is 47.1 Å². The van der Waals surface area contributed by atoms with Crippen molar-refractivity contribution in [1.29, 1.82) is 0 Å². The van der Waals surface area contributed by atoms with Gasteiger partial charge in [0.2, 0.25) is 0 Å². The summed E-state index contributed by atoms with van der Waals surface area (Å²) in [7, 11) is 0. The number of para-hydroxylation sites is 1. The predicted molar refractivity (Wildman–Crippen MR) is 136 cm³/mol. The third kappa shape index (κ3) is 4.36. The first-order valence-electron chi connectivity index (χ1n) is 11.4. The Hall–Kier alpha value is -3.22. The Kier molecular flexibility index (Phi) is 6.11. The molecule has 5 rings (SSSR count). The van der Waals surface area contributed by atoms with Crippen LogP contribution in [0.5, 0.6) is 0 Å². The number of hydrogen-bond acceptors (Lipinski definition) is 5. The van der Waals surface area contributed by atoms with Crippen LogP contribution in [0.25, 0.3) is 20.9 Å². The average Bonchev–Trinajstić information content (AvgIpc) is 3.47. The molecule has 1 saturated heterocycles. The summed E-state index contributed by atoms with van der Waals surface area (Å²) in [6.45, 7) is 7.35. The van der Waals surface area contributed by atoms with Gasteiger partial charge in [0.1, 0.15) is 0 Å². The largest absolute Gasteiger partial charge is 0.368 e. The highest BCUT2D eigenvalue weighted by molar-refractivity contribution is 7.18. The van der Waals surface area contributed by atoms with Gasteiger partial charge in [-0.3, -0.25) is 9.69 Å². The van der Waals surface area contributed by atoms with Gasteiger partial charge in [-0.2, -0.15) is 5.10 Å². The number of aromatic nitrogens is 2. The van der Waals surface area contributed by atoms with Crippen LogP contribution >= 0.6 is 11.3 Å². The van der Waals surface area contributed by atoms with Crippen LogP contribution in [0, 0.1) is 13.8 Å². The average molecular weight is 457 g/mol. The molecule has 1 aliphatic heterocycles. The van der Waals surface area contributed by atoms with Gasteiger partial charge in [-0.05, 0) is 43.7 Å². The van der Waals surface area contributed by atoms with Crippen molar-refractivity contribution in [1.82, 2.24) is 14.7 Å². The Labute approximate surface area is 198 Å². The van der Waals surface area contributed by atoms with Crippen molar-refractivity contribution in [3.8, 4) is 20.9 Å². The first kappa shape index (κ1) is 21.6. The van der Waals surface area contributed by atoms with Crippen molar-refractivity contribution in [3.05, 3.63) is 84.2 Å². The van der Waals surface area contributed by atoms with E-state index in [0.717, 1.165) is 43.9 Å². The normalized spacial score (nSPS) is 15.5. The fourth-order valence-electron chi connectivity index (χ4n) is 4.64. The molecule has 1 fully saturated rings. The Bertz CT molecular complexity index is 1240. The van der Waals surface area contributed by atoms with E-state index in [4.69, 9.17) is 0 Å². The van der Waals surface area contributed by atoms with E-state index in [0.29, 0.717) is 0 Å². The number of aldehydes is 1. The molecular formula is C27H28N4OS. The fraction of sp³-hybridized carbons (Fsp3) is 0.259. The fourth-order valence-corrected chi connectivity index (χ4v) is 5.68. The highest BCUT2D eigenvalue weighted by Gasteiger charge is 2.27. The predicted octanol–water partition coefficient (Wildman–Crippen LogP) is 5.42. The number of rotatable bonds is 6. The number of aryl methyl sites for hydroxylation is 2. The number of nitrogens with zero attached hydrogens (tertiary/aromatic N) is 4. The van der Waals surface area contributed by atoms with E-state index >= 15 is 0 Å². The van der Waals surface area contributed by atoms with Gasteiger partial charge in [0.05, 0.1) is 5.69 Å². The van der Waals surface area contributed by atoms with Crippen LogP contribution in [0.4, 0.5) is 5.69 Å². The van der Waals surface area contributed by atoms with Gasteiger partial charge in [-0.15, -0.1) is 11.3 Å². The van der Waals surface area contributed by atoms with Crippen LogP contribution in [0.15, 0.2) is 72.8 Å². The molecule has 2 aromatic carbocycles. The molecular weight excluding hydrogens is 428 g/mol. The Morgan fingerprint density at radius 2 is 1.58 bits per heavy atom. The number of carbonyl (C=O) groups is 1. The van der Waals surface area contributed by atoms with E-state index < -0.39 is 0 Å². The van der Waals surface area contributed by atoms with E-state index in [1.54, 1.807) is 0 Å². The summed E-state index contributed by atoms with van der Waals surface area (Å²) in [4.78, 5) is 19.2. The number of hydrogen-bond donors (Lipinski definition) is 0. The van der Waals surface area contributed by atoms with Crippen LogP contribution in [0.3, 0.4) is 0 Å². The summed E-state index contributed by atoms with van der Waals surface area (Å²) in [6.07, 6.45) is 0.668. The van der Waals surface area contributed by atoms with Gasteiger partial charge < -0.3 is 4.90 Å². The van der Waals surface area contributed by atoms with E-state index in [1.807, 2.05) is 35.9 Å². The van der Waals surface area contributed by atoms with E-state index in [2.05, 4.69) is 81.6 Å². The number of piperazine rings is 1. The molecule has 0 saturated carbocycles. The maximum absolute atomic E-state index is 12.0. The number of carbonyl (C=O) groups excluding carboxylic acids is 1. The highest BCUT2D eigenvalue weighted by Crippen LogP contribution is 2.39. The topological polar surface area (TPSA) is 41.4 Å². The minimum atomic E-state index is -0.346. The number of benzene rings is 2. The molecule has 0 N–H and O–H groups in total. The van der Waals surface area contributed by atoms with Gasteiger partial charge in [0.25, 0.3) is 0 Å². The zero-order valence-corrected chi connectivity index (χ0v) is 19.8. The van der Waals surface area contributed by atoms with Crippen molar-refractivity contribution < 1.29 is 4.79 Å². The lowest BCUT2D eigenvalue weighted by Crippen LogP contribution is -2.49. The van der Waals surface area contributed by atoms with Gasteiger partial charge in [0.15, 0.2) is 12.5 Å². The van der Waals surface area contributed by atoms with Gasteiger partial charge in [0, 0.05) is 52.9 Å². The first-order chi connectivity index (χ1) is 16.1. The van der Waals surface area contributed by atoms with E-state index in [9.17, 15) is 4.79 Å².